The van der Waals surface area contributed by atoms with Gasteiger partial charge in [0.2, 0.25) is 0 Å². The fourth-order valence-corrected chi connectivity index (χ4v) is 3.72. The van der Waals surface area contributed by atoms with Crippen LogP contribution in [-0.4, -0.2) is 55.0 Å². The SMILES string of the molecule is CCOC(=O)C1NCN2C3CCCCC3C=NCC12. The first-order valence-corrected chi connectivity index (χ1v) is 7.47. The van der Waals surface area contributed by atoms with E-state index in [2.05, 4.69) is 21.4 Å². The Labute approximate surface area is 114 Å². The molecule has 0 amide bonds. The molecule has 5 nitrogen and oxygen atoms in total. The Hall–Kier alpha value is -0.940. The zero-order valence-corrected chi connectivity index (χ0v) is 11.5. The third-order valence-corrected chi connectivity index (χ3v) is 4.64. The second kappa shape index (κ2) is 5.59. The van der Waals surface area contributed by atoms with Crippen molar-refractivity contribution in [1.82, 2.24) is 10.2 Å². The summed E-state index contributed by atoms with van der Waals surface area (Å²) in [6.45, 7) is 3.80. The fourth-order valence-electron chi connectivity index (χ4n) is 3.72. The highest BCUT2D eigenvalue weighted by atomic mass is 16.5. The lowest BCUT2D eigenvalue weighted by Gasteiger charge is -2.37. The summed E-state index contributed by atoms with van der Waals surface area (Å²) in [5, 5.41) is 3.32. The molecule has 1 aliphatic carbocycles. The summed E-state index contributed by atoms with van der Waals surface area (Å²) >= 11 is 0. The van der Waals surface area contributed by atoms with Gasteiger partial charge in [0.05, 0.1) is 19.2 Å². The summed E-state index contributed by atoms with van der Waals surface area (Å²) in [5.74, 6) is 0.445. The summed E-state index contributed by atoms with van der Waals surface area (Å²) in [6.07, 6.45) is 7.21. The Bertz CT molecular complexity index is 372. The third-order valence-electron chi connectivity index (χ3n) is 4.64. The maximum atomic E-state index is 12.0. The topological polar surface area (TPSA) is 53.9 Å². The minimum atomic E-state index is -0.210. The van der Waals surface area contributed by atoms with Crippen molar-refractivity contribution >= 4 is 12.2 Å². The van der Waals surface area contributed by atoms with Gasteiger partial charge in [0.25, 0.3) is 0 Å². The van der Waals surface area contributed by atoms with E-state index in [1.165, 1.54) is 25.7 Å². The monoisotopic (exact) mass is 265 g/mol. The van der Waals surface area contributed by atoms with E-state index in [4.69, 9.17) is 4.74 Å². The van der Waals surface area contributed by atoms with Crippen LogP contribution in [0.3, 0.4) is 0 Å². The molecule has 19 heavy (non-hydrogen) atoms. The van der Waals surface area contributed by atoms with Gasteiger partial charge in [0.1, 0.15) is 6.04 Å². The van der Waals surface area contributed by atoms with Gasteiger partial charge in [-0.05, 0) is 19.8 Å². The van der Waals surface area contributed by atoms with Gasteiger partial charge in [-0.1, -0.05) is 12.8 Å². The predicted octanol–water partition coefficient (Wildman–Crippen LogP) is 0.793. The molecule has 0 aromatic rings. The van der Waals surface area contributed by atoms with Crippen LogP contribution >= 0.6 is 0 Å². The molecule has 1 N–H and O–H groups in total. The summed E-state index contributed by atoms with van der Waals surface area (Å²) in [6, 6.07) is 0.512. The van der Waals surface area contributed by atoms with Crippen LogP contribution in [0, 0.1) is 5.92 Å². The van der Waals surface area contributed by atoms with Gasteiger partial charge in [-0.25, -0.2) is 0 Å². The molecule has 1 saturated carbocycles. The lowest BCUT2D eigenvalue weighted by Crippen LogP contribution is -2.49. The van der Waals surface area contributed by atoms with Crippen molar-refractivity contribution in [2.75, 3.05) is 19.8 Å². The Morgan fingerprint density at radius 2 is 2.26 bits per heavy atom. The molecule has 0 aromatic heterocycles. The standard InChI is InChI=1S/C14H23N3O2/c1-2-19-14(18)13-12-8-15-7-10-5-3-4-6-11(10)17(12)9-16-13/h7,10-13,16H,2-6,8-9H2,1H3. The highest BCUT2D eigenvalue weighted by Gasteiger charge is 2.45. The number of nitrogens with zero attached hydrogens (tertiary/aromatic N) is 2. The van der Waals surface area contributed by atoms with Crippen molar-refractivity contribution in [3.8, 4) is 0 Å². The first kappa shape index (κ1) is 13.1. The quantitative estimate of drug-likeness (QED) is 0.750. The van der Waals surface area contributed by atoms with E-state index in [-0.39, 0.29) is 18.1 Å². The van der Waals surface area contributed by atoms with Crippen LogP contribution in [0.1, 0.15) is 32.6 Å². The second-order valence-corrected chi connectivity index (χ2v) is 5.70. The number of hydrogen-bond acceptors (Lipinski definition) is 5. The lowest BCUT2D eigenvalue weighted by atomic mass is 9.84. The zero-order chi connectivity index (χ0) is 13.2. The molecule has 2 aliphatic heterocycles. The van der Waals surface area contributed by atoms with E-state index >= 15 is 0 Å². The third kappa shape index (κ3) is 2.41. The largest absolute Gasteiger partial charge is 0.465 e. The molecule has 5 heteroatoms. The molecule has 3 aliphatic rings. The molecule has 2 fully saturated rings. The summed E-state index contributed by atoms with van der Waals surface area (Å²) in [4.78, 5) is 19.0. The van der Waals surface area contributed by atoms with Gasteiger partial charge in [-0.15, -0.1) is 0 Å². The number of carbonyl (C=O) groups is 1. The maximum absolute atomic E-state index is 12.0. The molecule has 0 bridgehead atoms. The van der Waals surface area contributed by atoms with Crippen LogP contribution in [0.25, 0.3) is 0 Å². The number of carbonyl (C=O) groups excluding carboxylic acids is 1. The number of aliphatic imine (C=N–C) groups is 1. The van der Waals surface area contributed by atoms with Crippen molar-refractivity contribution in [3.05, 3.63) is 0 Å². The molecule has 2 heterocycles. The van der Waals surface area contributed by atoms with E-state index < -0.39 is 0 Å². The highest BCUT2D eigenvalue weighted by molar-refractivity contribution is 5.77. The average molecular weight is 265 g/mol. The highest BCUT2D eigenvalue weighted by Crippen LogP contribution is 2.32. The van der Waals surface area contributed by atoms with Gasteiger partial charge < -0.3 is 4.74 Å². The van der Waals surface area contributed by atoms with Crippen LogP contribution in [-0.2, 0) is 9.53 Å². The summed E-state index contributed by atoms with van der Waals surface area (Å²) in [5.41, 5.74) is 0. The van der Waals surface area contributed by atoms with Gasteiger partial charge in [-0.2, -0.15) is 0 Å². The molecule has 1 saturated heterocycles. The predicted molar refractivity (Wildman–Crippen MR) is 73.2 cm³/mol. The average Bonchev–Trinajstić information content (AvgIpc) is 2.75. The van der Waals surface area contributed by atoms with Crippen LogP contribution in [0.4, 0.5) is 0 Å². The molecule has 0 aromatic carbocycles. The fraction of sp³-hybridized carbons (Fsp3) is 0.857. The van der Waals surface area contributed by atoms with E-state index in [0.717, 1.165) is 6.67 Å². The normalized spacial score (nSPS) is 38.4. The van der Waals surface area contributed by atoms with Crippen molar-refractivity contribution in [2.24, 2.45) is 10.9 Å². The van der Waals surface area contributed by atoms with E-state index in [1.54, 1.807) is 0 Å². The minimum absolute atomic E-state index is 0.126. The summed E-state index contributed by atoms with van der Waals surface area (Å²) < 4.78 is 5.17. The molecule has 4 unspecified atom stereocenters. The summed E-state index contributed by atoms with van der Waals surface area (Å²) in [7, 11) is 0. The Morgan fingerprint density at radius 1 is 1.42 bits per heavy atom. The Kier molecular flexibility index (Phi) is 3.84. The van der Waals surface area contributed by atoms with Crippen molar-refractivity contribution in [3.63, 3.8) is 0 Å². The first-order valence-electron chi connectivity index (χ1n) is 7.47. The first-order chi connectivity index (χ1) is 9.31. The Morgan fingerprint density at radius 3 is 3.11 bits per heavy atom. The molecule has 4 atom stereocenters. The van der Waals surface area contributed by atoms with Crippen molar-refractivity contribution in [2.45, 2.75) is 50.7 Å². The zero-order valence-electron chi connectivity index (χ0n) is 11.5. The van der Waals surface area contributed by atoms with Gasteiger partial charge in [-0.3, -0.25) is 20.0 Å². The molecule has 0 radical (unpaired) electrons. The number of fused-ring (bicyclic) bond motifs is 3. The van der Waals surface area contributed by atoms with E-state index in [1.807, 2.05) is 6.92 Å². The van der Waals surface area contributed by atoms with Crippen molar-refractivity contribution < 1.29 is 9.53 Å². The van der Waals surface area contributed by atoms with Crippen LogP contribution in [0.2, 0.25) is 0 Å². The van der Waals surface area contributed by atoms with Crippen molar-refractivity contribution in [1.29, 1.82) is 0 Å². The minimum Gasteiger partial charge on any atom is -0.465 e. The Balaban J connectivity index is 1.76. The number of nitrogens with one attached hydrogen (secondary N) is 1. The lowest BCUT2D eigenvalue weighted by molar-refractivity contribution is -0.146. The van der Waals surface area contributed by atoms with Gasteiger partial charge >= 0.3 is 5.97 Å². The van der Waals surface area contributed by atoms with E-state index in [0.29, 0.717) is 25.1 Å². The van der Waals surface area contributed by atoms with E-state index in [9.17, 15) is 4.79 Å². The molecular formula is C14H23N3O2. The molecule has 106 valence electrons. The molecule has 3 rings (SSSR count). The van der Waals surface area contributed by atoms with Gasteiger partial charge in [0, 0.05) is 24.8 Å². The molecular weight excluding hydrogens is 242 g/mol. The number of ether oxygens (including phenoxy) is 1. The number of hydrogen-bond donors (Lipinski definition) is 1. The number of rotatable bonds is 2. The van der Waals surface area contributed by atoms with Gasteiger partial charge in [0.15, 0.2) is 0 Å². The smallest absolute Gasteiger partial charge is 0.324 e. The maximum Gasteiger partial charge on any atom is 0.324 e. The van der Waals surface area contributed by atoms with Crippen LogP contribution in [0.15, 0.2) is 4.99 Å². The second-order valence-electron chi connectivity index (χ2n) is 5.70. The van der Waals surface area contributed by atoms with Crippen LogP contribution < -0.4 is 5.32 Å². The van der Waals surface area contributed by atoms with Crippen LogP contribution in [0.5, 0.6) is 0 Å². The molecule has 0 spiro atoms. The number of esters is 1.